The SMILES string of the molecule is C(#C[CH+]c1ccccc1)/C=C\C#C[CH+]c1ccccc1.F[B-](F)(F)F.F[B-](F)(F)F.[C-]#[O+].[C-]#[O+].[C-]#[O+].[C-]#[O+].[C-]#[O+].[C-]#[O+].[C-]#[O+].[C-]#[O+].[C-]#[O+].[C-]#[O+].[C-]#[O+].[C-]#[O+].[Co].[Co].[Co].[Co]. The molecule has 0 fully saturated rings. The van der Waals surface area contributed by atoms with Gasteiger partial charge in [0.05, 0.1) is 25.0 Å². The largest absolute Gasteiger partial charge is 0 e. The van der Waals surface area contributed by atoms with Crippen LogP contribution in [0.2, 0.25) is 0 Å². The van der Waals surface area contributed by atoms with Crippen LogP contribution in [0.1, 0.15) is 11.1 Å². The molecule has 0 spiro atoms. The molecule has 2 rings (SSSR count). The second-order valence-corrected chi connectivity index (χ2v) is 5.01. The van der Waals surface area contributed by atoms with E-state index in [9.17, 15) is 34.5 Å². The van der Waals surface area contributed by atoms with E-state index in [-0.39, 0.29) is 67.1 Å². The molecule has 0 unspecified atom stereocenters. The predicted molar refractivity (Wildman–Crippen MR) is 152 cm³/mol. The van der Waals surface area contributed by atoms with E-state index < -0.39 is 14.5 Å². The summed E-state index contributed by atoms with van der Waals surface area (Å²) in [5.41, 5.74) is 2.22. The van der Waals surface area contributed by atoms with E-state index in [0.717, 1.165) is 11.1 Å². The van der Waals surface area contributed by atoms with Crippen molar-refractivity contribution in [2.24, 2.45) is 0 Å². The van der Waals surface area contributed by atoms with Crippen LogP contribution in [0.5, 0.6) is 0 Å². The van der Waals surface area contributed by atoms with Crippen LogP contribution in [-0.2, 0) is 123 Å². The smallest absolute Gasteiger partial charge is 0 e. The van der Waals surface area contributed by atoms with Gasteiger partial charge in [-0.05, 0) is 36.4 Å². The summed E-state index contributed by atoms with van der Waals surface area (Å²) in [6.45, 7) is 54.0. The van der Waals surface area contributed by atoms with Crippen LogP contribution in [0.15, 0.2) is 72.8 Å². The van der Waals surface area contributed by atoms with Crippen molar-refractivity contribution >= 4 is 14.5 Å². The van der Waals surface area contributed by atoms with Crippen molar-refractivity contribution in [2.45, 2.75) is 0 Å². The van der Waals surface area contributed by atoms with Gasteiger partial charge in [0.25, 0.3) is 0 Å². The summed E-state index contributed by atoms with van der Waals surface area (Å²) in [7, 11) is -12.0. The molecule has 2 aromatic carbocycles. The van der Waals surface area contributed by atoms with Gasteiger partial charge in [-0.1, -0.05) is 0 Å². The van der Waals surface area contributed by atoms with Gasteiger partial charge in [0.15, 0.2) is 0 Å². The second kappa shape index (κ2) is 140. The average molecular weight is 1000 g/mol. The molecule has 4 radical (unpaired) electrons. The van der Waals surface area contributed by atoms with Crippen LogP contribution >= 0.6 is 0 Å². The predicted octanol–water partition coefficient (Wildman–Crippen LogP) is 6.19. The maximum Gasteiger partial charge on any atom is 0 e. The Kier molecular flexibility index (Phi) is 268. The summed E-state index contributed by atoms with van der Waals surface area (Å²) in [5, 5.41) is 0. The number of rotatable bonds is 2. The summed E-state index contributed by atoms with van der Waals surface area (Å²) in [5.74, 6) is 11.8. The Bertz CT molecular complexity index is 1220. The first-order valence-corrected chi connectivity index (χ1v) is 10.6. The summed E-state index contributed by atoms with van der Waals surface area (Å²) in [6, 6.07) is 20.0. The van der Waals surface area contributed by atoms with Gasteiger partial charge in [0.1, 0.15) is 11.1 Å². The fourth-order valence-electron chi connectivity index (χ4n) is 1.53. The third kappa shape index (κ3) is 259. The first kappa shape index (κ1) is 111. The number of benzene rings is 2. The molecule has 0 aliphatic heterocycles. The molecule has 0 aliphatic rings. The fraction of sp³-hybridized carbons (Fsp3) is 0. The molecule has 0 atom stereocenters. The van der Waals surface area contributed by atoms with Crippen molar-refractivity contribution < 1.29 is 157 Å². The van der Waals surface area contributed by atoms with Crippen LogP contribution in [-0.4, -0.2) is 14.5 Å². The molecule has 58 heavy (non-hydrogen) atoms. The van der Waals surface area contributed by atoms with Crippen LogP contribution in [0, 0.1) is 116 Å². The average Bonchev–Trinajstić information content (AvgIpc) is 3.24. The molecule has 0 heterocycles. The maximum absolute atomic E-state index is 9.75. The van der Waals surface area contributed by atoms with Gasteiger partial charge in [-0.3, -0.25) is 0 Å². The Morgan fingerprint density at radius 1 is 0.345 bits per heavy atom. The van der Waals surface area contributed by atoms with E-state index in [1.165, 1.54) is 0 Å². The first-order valence-electron chi connectivity index (χ1n) is 10.6. The Hall–Kier alpha value is -4.48. The maximum atomic E-state index is 9.75. The number of hydrogen-bond donors (Lipinski definition) is 0. The molecule has 12 nitrogen and oxygen atoms in total. The zero-order valence-corrected chi connectivity index (χ0v) is 31.7. The molecule has 0 N–H and O–H groups in total. The summed E-state index contributed by atoms with van der Waals surface area (Å²) < 4.78 is 168. The van der Waals surface area contributed by atoms with E-state index >= 15 is 0 Å². The molecule has 0 saturated carbocycles. The molecular formula is C32H14B2Co4F8O12. The Morgan fingerprint density at radius 3 is 0.621 bits per heavy atom. The van der Waals surface area contributed by atoms with Crippen molar-refractivity contribution in [1.29, 1.82) is 0 Å². The Balaban J connectivity index is -0.0000000251. The fourth-order valence-corrected chi connectivity index (χ4v) is 1.53. The van der Waals surface area contributed by atoms with Gasteiger partial charge < -0.3 is 34.5 Å². The van der Waals surface area contributed by atoms with Crippen LogP contribution in [0.3, 0.4) is 0 Å². The normalized spacial score (nSPS) is 5.59. The van der Waals surface area contributed by atoms with Crippen molar-refractivity contribution in [3.05, 3.63) is 177 Å². The number of hydrogen-bond acceptors (Lipinski definition) is 0. The number of halogens is 8. The molecule has 0 saturated heterocycles. The van der Waals surface area contributed by atoms with E-state index in [1.807, 2.05) is 73.5 Å². The standard InChI is InChI=1S/C20H14.12CO.2BF4.4Co/c1(3-7-13-19-15-9-5-10-16-19)2-4-8-14-20-17-11-6-12-18-20;12*1-2;2*2-1(3,4)5;;;;/h1-2,5-6,9-18H;;;;;;;;;;;;;;;;;;/q+2;;;;;;;;;;;;;2*-1;;;;/b2-1-;;;;;;;;;;;;;;;;;;. The van der Waals surface area contributed by atoms with Crippen molar-refractivity contribution in [3.8, 4) is 23.7 Å². The van der Waals surface area contributed by atoms with E-state index in [4.69, 9.17) is 55.8 Å². The van der Waals surface area contributed by atoms with Crippen LogP contribution < -0.4 is 0 Å². The van der Waals surface area contributed by atoms with Gasteiger partial charge in [-0.15, -0.1) is 0 Å². The summed E-state index contributed by atoms with van der Waals surface area (Å²) in [6.07, 6.45) is 7.28. The molecule has 2 aromatic rings. The monoisotopic (exact) mass is 1000 g/mol. The molecule has 26 heteroatoms. The minimum Gasteiger partial charge on any atom is 0 e. The quantitative estimate of drug-likeness (QED) is 0.108. The van der Waals surface area contributed by atoms with Gasteiger partial charge in [-0.2, -0.15) is 0 Å². The van der Waals surface area contributed by atoms with E-state index in [0.29, 0.717) is 0 Å². The third-order valence-electron chi connectivity index (χ3n) is 2.49. The van der Waals surface area contributed by atoms with Gasteiger partial charge in [-0.25, -0.2) is 0 Å². The summed E-state index contributed by atoms with van der Waals surface area (Å²) >= 11 is 0. The molecular weight excluding hydrogens is 986 g/mol. The van der Waals surface area contributed by atoms with Crippen LogP contribution in [0.4, 0.5) is 34.5 Å². The second-order valence-electron chi connectivity index (χ2n) is 5.01. The summed E-state index contributed by atoms with van der Waals surface area (Å²) in [4.78, 5) is 0. The first-order chi connectivity index (χ1) is 25.9. The van der Waals surface area contributed by atoms with Crippen molar-refractivity contribution in [2.75, 3.05) is 0 Å². The van der Waals surface area contributed by atoms with Gasteiger partial charge in [0, 0.05) is 115 Å². The van der Waals surface area contributed by atoms with Gasteiger partial charge in [0.2, 0.25) is 0 Å². The van der Waals surface area contributed by atoms with E-state index in [2.05, 4.69) is 103 Å². The van der Waals surface area contributed by atoms with Crippen molar-refractivity contribution in [1.82, 2.24) is 0 Å². The zero-order valence-electron chi connectivity index (χ0n) is 27.5. The van der Waals surface area contributed by atoms with Gasteiger partial charge >= 0.3 is 150 Å². The molecule has 0 aromatic heterocycles. The van der Waals surface area contributed by atoms with E-state index in [1.54, 1.807) is 12.2 Å². The number of allylic oxidation sites excluding steroid dienone is 2. The Morgan fingerprint density at radius 2 is 0.483 bits per heavy atom. The topological polar surface area (TPSA) is 239 Å². The third-order valence-corrected chi connectivity index (χ3v) is 2.49. The van der Waals surface area contributed by atoms with Crippen LogP contribution in [0.25, 0.3) is 0 Å². The zero-order chi connectivity index (χ0) is 46.9. The Labute approximate surface area is 370 Å². The minimum absolute atomic E-state index is 0. The minimum atomic E-state index is -6.00. The molecule has 0 bridgehead atoms. The van der Waals surface area contributed by atoms with Crippen molar-refractivity contribution in [3.63, 3.8) is 0 Å². The molecule has 312 valence electrons. The molecule has 0 aliphatic carbocycles. The molecule has 0 amide bonds.